The van der Waals surface area contributed by atoms with E-state index in [0.717, 1.165) is 17.8 Å². The number of nitrogens with two attached hydrogens (primary N) is 1. The van der Waals surface area contributed by atoms with Crippen LogP contribution in [-0.2, 0) is 6.54 Å². The summed E-state index contributed by atoms with van der Waals surface area (Å²) in [4.78, 5) is 11.2. The van der Waals surface area contributed by atoms with Gasteiger partial charge in [-0.3, -0.25) is 4.79 Å². The molecule has 0 atom stereocenters. The van der Waals surface area contributed by atoms with Crippen molar-refractivity contribution in [3.05, 3.63) is 46.7 Å². The van der Waals surface area contributed by atoms with Crippen LogP contribution >= 0.6 is 11.6 Å². The van der Waals surface area contributed by atoms with E-state index in [-0.39, 0.29) is 5.69 Å². The van der Waals surface area contributed by atoms with Crippen molar-refractivity contribution in [3.63, 3.8) is 0 Å². The maximum Gasteiger partial charge on any atom is 0.269 e. The standard InChI is InChI=1S/C15H19ClN4O/c1-10(2)8-18-9-11-4-3-5-12(16)14(11)20-7-6-13(19-20)15(17)21/h3-7,10,18H,8-9H2,1-2H3,(H2,17,21). The molecular weight excluding hydrogens is 288 g/mol. The van der Waals surface area contributed by atoms with Gasteiger partial charge in [-0.15, -0.1) is 0 Å². The van der Waals surface area contributed by atoms with Crippen molar-refractivity contribution in [2.45, 2.75) is 20.4 Å². The lowest BCUT2D eigenvalue weighted by molar-refractivity contribution is 0.0995. The van der Waals surface area contributed by atoms with Crippen LogP contribution in [0.2, 0.25) is 5.02 Å². The van der Waals surface area contributed by atoms with Gasteiger partial charge in [0.2, 0.25) is 0 Å². The minimum Gasteiger partial charge on any atom is -0.364 e. The Morgan fingerprint density at radius 3 is 2.81 bits per heavy atom. The van der Waals surface area contributed by atoms with Gasteiger partial charge in [0, 0.05) is 12.7 Å². The number of nitrogens with zero attached hydrogens (tertiary/aromatic N) is 2. The Morgan fingerprint density at radius 2 is 2.19 bits per heavy atom. The maximum atomic E-state index is 11.2. The second-order valence-electron chi connectivity index (χ2n) is 5.28. The molecule has 1 amide bonds. The molecule has 0 spiro atoms. The van der Waals surface area contributed by atoms with E-state index >= 15 is 0 Å². The average Bonchev–Trinajstić information content (AvgIpc) is 2.88. The van der Waals surface area contributed by atoms with E-state index < -0.39 is 5.91 Å². The van der Waals surface area contributed by atoms with Crippen LogP contribution in [-0.4, -0.2) is 22.2 Å². The number of rotatable bonds is 6. The van der Waals surface area contributed by atoms with E-state index in [1.807, 2.05) is 12.1 Å². The molecule has 21 heavy (non-hydrogen) atoms. The minimum absolute atomic E-state index is 0.219. The average molecular weight is 307 g/mol. The lowest BCUT2D eigenvalue weighted by Gasteiger charge is -2.13. The molecule has 2 rings (SSSR count). The van der Waals surface area contributed by atoms with Gasteiger partial charge in [0.15, 0.2) is 0 Å². The molecule has 0 saturated heterocycles. The summed E-state index contributed by atoms with van der Waals surface area (Å²) in [6, 6.07) is 7.27. The minimum atomic E-state index is -0.555. The summed E-state index contributed by atoms with van der Waals surface area (Å²) in [6.07, 6.45) is 1.69. The summed E-state index contributed by atoms with van der Waals surface area (Å²) in [5.41, 5.74) is 7.24. The topological polar surface area (TPSA) is 72.9 Å². The Kier molecular flexibility index (Phi) is 4.98. The molecule has 1 aromatic carbocycles. The second-order valence-corrected chi connectivity index (χ2v) is 5.69. The zero-order chi connectivity index (χ0) is 15.4. The van der Waals surface area contributed by atoms with Gasteiger partial charge < -0.3 is 11.1 Å². The number of carbonyl (C=O) groups excluding carboxylic acids is 1. The first-order valence-corrected chi connectivity index (χ1v) is 7.20. The normalized spacial score (nSPS) is 11.0. The molecule has 112 valence electrons. The van der Waals surface area contributed by atoms with Crippen LogP contribution in [0.3, 0.4) is 0 Å². The molecule has 0 radical (unpaired) electrons. The van der Waals surface area contributed by atoms with Gasteiger partial charge >= 0.3 is 0 Å². The summed E-state index contributed by atoms with van der Waals surface area (Å²) < 4.78 is 1.59. The quantitative estimate of drug-likeness (QED) is 0.860. The summed E-state index contributed by atoms with van der Waals surface area (Å²) in [5.74, 6) is 0.0130. The Hall–Kier alpha value is -1.85. The third-order valence-corrected chi connectivity index (χ3v) is 3.31. The third kappa shape index (κ3) is 3.83. The van der Waals surface area contributed by atoms with Crippen LogP contribution in [0.4, 0.5) is 0 Å². The Morgan fingerprint density at radius 1 is 1.43 bits per heavy atom. The van der Waals surface area contributed by atoms with E-state index in [9.17, 15) is 4.79 Å². The molecule has 0 unspecified atom stereocenters. The molecule has 5 nitrogen and oxygen atoms in total. The largest absolute Gasteiger partial charge is 0.364 e. The highest BCUT2D eigenvalue weighted by atomic mass is 35.5. The molecule has 0 aliphatic rings. The van der Waals surface area contributed by atoms with Crippen LogP contribution < -0.4 is 11.1 Å². The summed E-state index contributed by atoms with van der Waals surface area (Å²) in [5, 5.41) is 8.13. The maximum absolute atomic E-state index is 11.2. The first-order chi connectivity index (χ1) is 9.99. The van der Waals surface area contributed by atoms with Gasteiger partial charge in [0.1, 0.15) is 5.69 Å². The number of carbonyl (C=O) groups is 1. The molecule has 1 heterocycles. The number of nitrogens with one attached hydrogen (secondary N) is 1. The highest BCUT2D eigenvalue weighted by Gasteiger charge is 2.12. The number of hydrogen-bond acceptors (Lipinski definition) is 3. The predicted molar refractivity (Wildman–Crippen MR) is 83.6 cm³/mol. The summed E-state index contributed by atoms with van der Waals surface area (Å²) >= 11 is 6.29. The molecular formula is C15H19ClN4O. The van der Waals surface area contributed by atoms with Crippen molar-refractivity contribution < 1.29 is 4.79 Å². The molecule has 1 aromatic heterocycles. The van der Waals surface area contributed by atoms with Crippen LogP contribution in [0.5, 0.6) is 0 Å². The zero-order valence-electron chi connectivity index (χ0n) is 12.1. The van der Waals surface area contributed by atoms with E-state index in [1.54, 1.807) is 23.0 Å². The number of amides is 1. The van der Waals surface area contributed by atoms with Crippen molar-refractivity contribution in [1.29, 1.82) is 0 Å². The fourth-order valence-corrected chi connectivity index (χ4v) is 2.32. The van der Waals surface area contributed by atoms with Crippen molar-refractivity contribution in [3.8, 4) is 5.69 Å². The van der Waals surface area contributed by atoms with E-state index in [2.05, 4.69) is 24.3 Å². The smallest absolute Gasteiger partial charge is 0.269 e. The molecule has 0 bridgehead atoms. The van der Waals surface area contributed by atoms with Crippen LogP contribution in [0.15, 0.2) is 30.5 Å². The number of benzene rings is 1. The zero-order valence-corrected chi connectivity index (χ0v) is 12.9. The highest BCUT2D eigenvalue weighted by molar-refractivity contribution is 6.32. The molecule has 2 aromatic rings. The fraction of sp³-hybridized carbons (Fsp3) is 0.333. The van der Waals surface area contributed by atoms with Crippen LogP contribution in [0.25, 0.3) is 5.69 Å². The molecule has 0 fully saturated rings. The van der Waals surface area contributed by atoms with Crippen molar-refractivity contribution in [2.75, 3.05) is 6.54 Å². The molecule has 0 aliphatic carbocycles. The fourth-order valence-electron chi connectivity index (χ4n) is 2.03. The van der Waals surface area contributed by atoms with E-state index in [0.29, 0.717) is 17.5 Å². The first-order valence-electron chi connectivity index (χ1n) is 6.83. The van der Waals surface area contributed by atoms with Gasteiger partial charge in [0.05, 0.1) is 10.7 Å². The summed E-state index contributed by atoms with van der Waals surface area (Å²) in [7, 11) is 0. The molecule has 0 aliphatic heterocycles. The second kappa shape index (κ2) is 6.74. The Labute approximate surface area is 129 Å². The van der Waals surface area contributed by atoms with Crippen LogP contribution in [0, 0.1) is 5.92 Å². The molecule has 0 saturated carbocycles. The molecule has 3 N–H and O–H groups in total. The van der Waals surface area contributed by atoms with Crippen LogP contribution in [0.1, 0.15) is 29.9 Å². The Balaban J connectivity index is 2.30. The number of halogens is 1. The number of primary amides is 1. The van der Waals surface area contributed by atoms with Crippen molar-refractivity contribution in [1.82, 2.24) is 15.1 Å². The number of para-hydroxylation sites is 1. The van der Waals surface area contributed by atoms with Gasteiger partial charge in [-0.05, 0) is 30.2 Å². The number of hydrogen-bond donors (Lipinski definition) is 2. The third-order valence-electron chi connectivity index (χ3n) is 3.01. The first kappa shape index (κ1) is 15.5. The summed E-state index contributed by atoms with van der Waals surface area (Å²) in [6.45, 7) is 5.90. The van der Waals surface area contributed by atoms with Crippen molar-refractivity contribution in [2.24, 2.45) is 11.7 Å². The van der Waals surface area contributed by atoms with E-state index in [1.165, 1.54) is 0 Å². The van der Waals surface area contributed by atoms with Gasteiger partial charge in [-0.1, -0.05) is 37.6 Å². The van der Waals surface area contributed by atoms with E-state index in [4.69, 9.17) is 17.3 Å². The molecule has 6 heteroatoms. The highest BCUT2D eigenvalue weighted by Crippen LogP contribution is 2.24. The lowest BCUT2D eigenvalue weighted by Crippen LogP contribution is -2.20. The lowest BCUT2D eigenvalue weighted by atomic mass is 10.1. The van der Waals surface area contributed by atoms with Crippen molar-refractivity contribution >= 4 is 17.5 Å². The van der Waals surface area contributed by atoms with Gasteiger partial charge in [-0.2, -0.15) is 5.10 Å². The monoisotopic (exact) mass is 306 g/mol. The Bertz CT molecular complexity index is 636. The number of aromatic nitrogens is 2. The van der Waals surface area contributed by atoms with Gasteiger partial charge in [0.25, 0.3) is 5.91 Å². The van der Waals surface area contributed by atoms with Gasteiger partial charge in [-0.25, -0.2) is 4.68 Å². The predicted octanol–water partition coefficient (Wildman–Crippen LogP) is 2.37. The SMILES string of the molecule is CC(C)CNCc1cccc(Cl)c1-n1ccc(C(N)=O)n1.